The number of ether oxygens (including phenoxy) is 1. The highest BCUT2D eigenvalue weighted by atomic mass is 19.1. The van der Waals surface area contributed by atoms with Crippen molar-refractivity contribution in [1.82, 2.24) is 15.2 Å². The van der Waals surface area contributed by atoms with Crippen LogP contribution >= 0.6 is 0 Å². The first-order chi connectivity index (χ1) is 18.5. The highest BCUT2D eigenvalue weighted by Gasteiger charge is 2.34. The Balaban J connectivity index is 1.27. The molecule has 8 heteroatoms. The number of hydrogen-bond donors (Lipinski definition) is 3. The average molecular weight is 515 g/mol. The quantitative estimate of drug-likeness (QED) is 0.356. The molecule has 7 nitrogen and oxygen atoms in total. The van der Waals surface area contributed by atoms with E-state index in [-0.39, 0.29) is 11.9 Å². The number of nitrogens with zero attached hydrogens (tertiary/aromatic N) is 2. The number of fused-ring (bicyclic) bond motifs is 3. The van der Waals surface area contributed by atoms with Gasteiger partial charge in [0, 0.05) is 61.3 Å². The van der Waals surface area contributed by atoms with Crippen molar-refractivity contribution in [3.05, 3.63) is 94.9 Å². The number of carboxylic acids is 1. The molecule has 2 atom stereocenters. The van der Waals surface area contributed by atoms with Crippen molar-refractivity contribution >= 4 is 22.6 Å². The molecule has 0 aliphatic carbocycles. The van der Waals surface area contributed by atoms with Gasteiger partial charge in [-0.1, -0.05) is 36.4 Å². The molecule has 0 saturated carbocycles. The number of benzene rings is 3. The molecule has 2 aliphatic rings. The van der Waals surface area contributed by atoms with Gasteiger partial charge in [-0.3, -0.25) is 15.0 Å². The van der Waals surface area contributed by atoms with Crippen LogP contribution in [-0.2, 0) is 17.8 Å². The molecule has 4 aromatic rings. The molecule has 0 spiro atoms. The number of aromatic nitrogens is 1. The van der Waals surface area contributed by atoms with Crippen molar-refractivity contribution < 1.29 is 19.0 Å². The van der Waals surface area contributed by atoms with Gasteiger partial charge in [-0.25, -0.2) is 4.39 Å². The average Bonchev–Trinajstić information content (AvgIpc) is 3.32. The Hall–Kier alpha value is -3.88. The number of carbonyl (C=O) groups is 1. The van der Waals surface area contributed by atoms with E-state index in [4.69, 9.17) is 4.74 Å². The predicted octanol–water partition coefficient (Wildman–Crippen LogP) is 4.33. The number of halogens is 1. The van der Waals surface area contributed by atoms with E-state index in [1.54, 1.807) is 13.2 Å². The van der Waals surface area contributed by atoms with Gasteiger partial charge in [0.15, 0.2) is 0 Å². The third-order valence-corrected chi connectivity index (χ3v) is 7.81. The number of para-hydroxylation sites is 2. The Morgan fingerprint density at radius 3 is 2.58 bits per heavy atom. The lowest BCUT2D eigenvalue weighted by Crippen LogP contribution is -2.46. The van der Waals surface area contributed by atoms with E-state index in [9.17, 15) is 14.3 Å². The van der Waals surface area contributed by atoms with E-state index in [2.05, 4.69) is 26.2 Å². The Bertz CT molecular complexity index is 1480. The lowest BCUT2D eigenvalue weighted by atomic mass is 9.89. The van der Waals surface area contributed by atoms with Crippen LogP contribution < -0.4 is 15.0 Å². The van der Waals surface area contributed by atoms with Crippen molar-refractivity contribution in [2.75, 3.05) is 38.2 Å². The van der Waals surface area contributed by atoms with Crippen molar-refractivity contribution in [3.63, 3.8) is 0 Å². The molecule has 0 amide bonds. The number of anilines is 1. The van der Waals surface area contributed by atoms with E-state index in [1.165, 1.54) is 6.07 Å². The molecular formula is C30H31FN4O3. The topological polar surface area (TPSA) is 80.8 Å². The SMILES string of the molecule is COc1ccc([C@@H]2NC(C(=O)O)Cc3c2[nH]c2ccccc32)cc1CN1CCN(c2ccccc2F)CC1. The first-order valence-corrected chi connectivity index (χ1v) is 13.0. The zero-order valence-electron chi connectivity index (χ0n) is 21.3. The van der Waals surface area contributed by atoms with Gasteiger partial charge < -0.3 is 19.7 Å². The molecule has 38 heavy (non-hydrogen) atoms. The summed E-state index contributed by atoms with van der Waals surface area (Å²) in [6.45, 7) is 3.78. The second-order valence-corrected chi connectivity index (χ2v) is 10.0. The summed E-state index contributed by atoms with van der Waals surface area (Å²) < 4.78 is 20.0. The lowest BCUT2D eigenvalue weighted by molar-refractivity contribution is -0.139. The molecule has 3 N–H and O–H groups in total. The summed E-state index contributed by atoms with van der Waals surface area (Å²) in [6, 6.07) is 20.1. The van der Waals surface area contributed by atoms with Crippen molar-refractivity contribution in [3.8, 4) is 5.75 Å². The van der Waals surface area contributed by atoms with Crippen LogP contribution in [0.15, 0.2) is 66.7 Å². The third-order valence-electron chi connectivity index (χ3n) is 7.81. The van der Waals surface area contributed by atoms with Gasteiger partial charge in [0.1, 0.15) is 17.6 Å². The lowest BCUT2D eigenvalue weighted by Gasteiger charge is -2.36. The van der Waals surface area contributed by atoms with Gasteiger partial charge in [-0.2, -0.15) is 0 Å². The Morgan fingerprint density at radius 1 is 1.05 bits per heavy atom. The van der Waals surface area contributed by atoms with E-state index < -0.39 is 12.0 Å². The fourth-order valence-corrected chi connectivity index (χ4v) is 5.85. The van der Waals surface area contributed by atoms with Crippen LogP contribution in [-0.4, -0.2) is 60.3 Å². The van der Waals surface area contributed by atoms with Crippen LogP contribution in [0.3, 0.4) is 0 Å². The summed E-state index contributed by atoms with van der Waals surface area (Å²) in [5.41, 5.74) is 5.76. The minimum Gasteiger partial charge on any atom is -0.496 e. The highest BCUT2D eigenvalue weighted by Crippen LogP contribution is 2.37. The van der Waals surface area contributed by atoms with Crippen LogP contribution in [0.2, 0.25) is 0 Å². The fourth-order valence-electron chi connectivity index (χ4n) is 5.85. The molecule has 1 saturated heterocycles. The smallest absolute Gasteiger partial charge is 0.321 e. The van der Waals surface area contributed by atoms with Crippen LogP contribution in [0.25, 0.3) is 10.9 Å². The number of aliphatic carboxylic acids is 1. The predicted molar refractivity (Wildman–Crippen MR) is 145 cm³/mol. The Kier molecular flexibility index (Phi) is 6.51. The summed E-state index contributed by atoms with van der Waals surface area (Å²) in [5, 5.41) is 14.3. The van der Waals surface area contributed by atoms with Gasteiger partial charge in [0.2, 0.25) is 0 Å². The second-order valence-electron chi connectivity index (χ2n) is 10.0. The van der Waals surface area contributed by atoms with Crippen molar-refractivity contribution in [2.45, 2.75) is 25.0 Å². The van der Waals surface area contributed by atoms with Crippen molar-refractivity contribution in [1.29, 1.82) is 0 Å². The number of piperazine rings is 1. The van der Waals surface area contributed by atoms with Crippen LogP contribution in [0.4, 0.5) is 10.1 Å². The monoisotopic (exact) mass is 514 g/mol. The molecule has 196 valence electrons. The summed E-state index contributed by atoms with van der Waals surface area (Å²) in [4.78, 5) is 20.0. The maximum Gasteiger partial charge on any atom is 0.321 e. The minimum absolute atomic E-state index is 0.189. The van der Waals surface area contributed by atoms with E-state index in [0.29, 0.717) is 18.7 Å². The number of rotatable bonds is 6. The normalized spacial score (nSPS) is 19.9. The maximum absolute atomic E-state index is 14.3. The maximum atomic E-state index is 14.3. The van der Waals surface area contributed by atoms with Crippen LogP contribution in [0.5, 0.6) is 5.75 Å². The van der Waals surface area contributed by atoms with Gasteiger partial charge >= 0.3 is 5.97 Å². The fraction of sp³-hybridized carbons (Fsp3) is 0.300. The second kappa shape index (κ2) is 10.1. The van der Waals surface area contributed by atoms with Crippen molar-refractivity contribution in [2.24, 2.45) is 0 Å². The first-order valence-electron chi connectivity index (χ1n) is 13.0. The molecule has 1 unspecified atom stereocenters. The molecule has 0 bridgehead atoms. The summed E-state index contributed by atoms with van der Waals surface area (Å²) >= 11 is 0. The zero-order valence-corrected chi connectivity index (χ0v) is 21.3. The Morgan fingerprint density at radius 2 is 1.82 bits per heavy atom. The van der Waals surface area contributed by atoms with Crippen LogP contribution in [0.1, 0.15) is 28.4 Å². The highest BCUT2D eigenvalue weighted by molar-refractivity contribution is 5.87. The number of aromatic amines is 1. The van der Waals surface area contributed by atoms with E-state index >= 15 is 0 Å². The molecule has 0 radical (unpaired) electrons. The standard InChI is InChI=1S/C30H31FN4O3/c1-38-27-11-10-19(16-20(27)18-34-12-14-35(15-13-34)26-9-5-3-7-23(26)31)28-29-22(17-25(33-28)30(36)37)21-6-2-4-8-24(21)32-29/h2-11,16,25,28,32-33H,12-15,17-18H2,1H3,(H,36,37)/t25?,28-/m0/s1. The summed E-state index contributed by atoms with van der Waals surface area (Å²) in [6.07, 6.45) is 0.431. The molecular weight excluding hydrogens is 483 g/mol. The number of nitrogens with one attached hydrogen (secondary N) is 2. The molecule has 1 fully saturated rings. The number of methoxy groups -OCH3 is 1. The largest absolute Gasteiger partial charge is 0.496 e. The van der Waals surface area contributed by atoms with E-state index in [1.807, 2.05) is 48.5 Å². The van der Waals surface area contributed by atoms with E-state index in [0.717, 1.165) is 65.2 Å². The minimum atomic E-state index is -0.854. The third kappa shape index (κ3) is 4.50. The zero-order chi connectivity index (χ0) is 26.2. The summed E-state index contributed by atoms with van der Waals surface area (Å²) in [5.74, 6) is -0.244. The number of hydrogen-bond acceptors (Lipinski definition) is 5. The van der Waals surface area contributed by atoms with Gasteiger partial charge in [-0.15, -0.1) is 0 Å². The summed E-state index contributed by atoms with van der Waals surface area (Å²) in [7, 11) is 1.67. The number of carboxylic acid groups (broad SMARTS) is 1. The molecule has 3 aromatic carbocycles. The molecule has 2 aliphatic heterocycles. The van der Waals surface area contributed by atoms with Gasteiger partial charge in [0.25, 0.3) is 0 Å². The number of H-pyrrole nitrogens is 1. The van der Waals surface area contributed by atoms with Gasteiger partial charge in [-0.05, 0) is 41.5 Å². The molecule has 1 aromatic heterocycles. The first kappa shape index (κ1) is 24.5. The van der Waals surface area contributed by atoms with Crippen LogP contribution in [0, 0.1) is 5.82 Å². The molecule has 3 heterocycles. The Labute approximate surface area is 220 Å². The van der Waals surface area contributed by atoms with Gasteiger partial charge in [0.05, 0.1) is 18.8 Å². The molecule has 6 rings (SSSR count).